The van der Waals surface area contributed by atoms with Crippen LogP contribution in [-0.2, 0) is 13.2 Å². The van der Waals surface area contributed by atoms with Crippen LogP contribution in [0.3, 0.4) is 0 Å². The molecule has 2 aromatic rings. The summed E-state index contributed by atoms with van der Waals surface area (Å²) in [4.78, 5) is 15.2. The van der Waals surface area contributed by atoms with Crippen molar-refractivity contribution in [2.24, 2.45) is 0 Å². The molecule has 0 unspecified atom stereocenters. The maximum Gasteiger partial charge on any atom is 0.336 e. The summed E-state index contributed by atoms with van der Waals surface area (Å²) in [6, 6.07) is 4.98. The number of carbonyl (C=O) groups is 1. The Morgan fingerprint density at radius 3 is 2.95 bits per heavy atom. The highest BCUT2D eigenvalue weighted by Crippen LogP contribution is 2.22. The van der Waals surface area contributed by atoms with Gasteiger partial charge in [0.2, 0.25) is 0 Å². The van der Waals surface area contributed by atoms with Crippen molar-refractivity contribution in [3.05, 3.63) is 41.5 Å². The van der Waals surface area contributed by atoms with E-state index in [2.05, 4.69) is 17.0 Å². The van der Waals surface area contributed by atoms with Crippen molar-refractivity contribution in [3.8, 4) is 5.75 Å². The average Bonchev–Trinajstić information content (AvgIpc) is 2.85. The van der Waals surface area contributed by atoms with Crippen molar-refractivity contribution in [2.75, 3.05) is 0 Å². The first-order chi connectivity index (χ1) is 9.63. The summed E-state index contributed by atoms with van der Waals surface area (Å²) in [5, 5.41) is 13.2. The second-order valence-corrected chi connectivity index (χ2v) is 4.42. The number of ether oxygens (including phenoxy) is 1. The van der Waals surface area contributed by atoms with Crippen molar-refractivity contribution >= 4 is 5.97 Å². The number of carboxylic acid groups (broad SMARTS) is 1. The summed E-state index contributed by atoms with van der Waals surface area (Å²) in [5.41, 5.74) is 0.860. The Kier molecular flexibility index (Phi) is 4.34. The number of aromatic carboxylic acids is 1. The molecule has 0 saturated heterocycles. The van der Waals surface area contributed by atoms with Crippen molar-refractivity contribution < 1.29 is 14.6 Å². The lowest BCUT2D eigenvalue weighted by Crippen LogP contribution is -2.09. The number of rotatable bonds is 6. The second kappa shape index (κ2) is 6.18. The van der Waals surface area contributed by atoms with Crippen LogP contribution in [0.5, 0.6) is 5.75 Å². The van der Waals surface area contributed by atoms with E-state index in [0.29, 0.717) is 11.3 Å². The van der Waals surface area contributed by atoms with Gasteiger partial charge in [-0.1, -0.05) is 13.0 Å². The minimum atomic E-state index is -0.956. The lowest BCUT2D eigenvalue weighted by atomic mass is 10.1. The highest BCUT2D eigenvalue weighted by Gasteiger charge is 2.12. The zero-order valence-electron chi connectivity index (χ0n) is 11.5. The van der Waals surface area contributed by atoms with Gasteiger partial charge in [0.25, 0.3) is 0 Å². The first-order valence-electron chi connectivity index (χ1n) is 6.46. The van der Waals surface area contributed by atoms with E-state index in [-0.39, 0.29) is 12.2 Å². The number of nitrogens with zero attached hydrogens (tertiary/aromatic N) is 3. The van der Waals surface area contributed by atoms with Crippen molar-refractivity contribution in [2.45, 2.75) is 33.4 Å². The molecule has 1 aromatic heterocycles. The molecule has 20 heavy (non-hydrogen) atoms. The van der Waals surface area contributed by atoms with Gasteiger partial charge in [0.1, 0.15) is 18.7 Å². The van der Waals surface area contributed by atoms with Gasteiger partial charge < -0.3 is 9.84 Å². The van der Waals surface area contributed by atoms with E-state index in [1.165, 1.54) is 6.33 Å². The first-order valence-corrected chi connectivity index (χ1v) is 6.46. The van der Waals surface area contributed by atoms with Crippen molar-refractivity contribution in [1.82, 2.24) is 14.8 Å². The normalized spacial score (nSPS) is 10.5. The zero-order valence-corrected chi connectivity index (χ0v) is 11.5. The Morgan fingerprint density at radius 1 is 1.45 bits per heavy atom. The molecule has 0 amide bonds. The van der Waals surface area contributed by atoms with E-state index in [1.54, 1.807) is 29.8 Å². The second-order valence-electron chi connectivity index (χ2n) is 4.42. The third kappa shape index (κ3) is 2.96. The van der Waals surface area contributed by atoms with Crippen molar-refractivity contribution in [1.29, 1.82) is 0 Å². The predicted octanol–water partition coefficient (Wildman–Crippen LogP) is 2.27. The number of aryl methyl sites for hydroxylation is 1. The summed E-state index contributed by atoms with van der Waals surface area (Å²) in [5.74, 6) is 0.324. The molecule has 0 bridgehead atoms. The molecule has 2 rings (SSSR count). The topological polar surface area (TPSA) is 77.2 Å². The summed E-state index contributed by atoms with van der Waals surface area (Å²) in [6.45, 7) is 4.85. The molecule has 0 atom stereocenters. The fraction of sp³-hybridized carbons (Fsp3) is 0.357. The Labute approximate surface area is 117 Å². The van der Waals surface area contributed by atoms with Crippen LogP contribution in [0.15, 0.2) is 24.5 Å². The largest absolute Gasteiger partial charge is 0.485 e. The minimum Gasteiger partial charge on any atom is -0.485 e. The number of hydrogen-bond acceptors (Lipinski definition) is 4. The van der Waals surface area contributed by atoms with E-state index >= 15 is 0 Å². The lowest BCUT2D eigenvalue weighted by Gasteiger charge is -2.11. The zero-order chi connectivity index (χ0) is 14.5. The van der Waals surface area contributed by atoms with Crippen LogP contribution in [0, 0.1) is 6.92 Å². The molecule has 1 aromatic carbocycles. The standard InChI is InChI=1S/C14H17N3O3/c1-3-7-17-13(15-9-16-17)8-20-12-6-4-5-11(10(12)2)14(18)19/h4-6,9H,3,7-8H2,1-2H3,(H,18,19). The fourth-order valence-corrected chi connectivity index (χ4v) is 1.94. The van der Waals surface area contributed by atoms with Crippen LogP contribution >= 0.6 is 0 Å². The number of aromatic nitrogens is 3. The van der Waals surface area contributed by atoms with Gasteiger partial charge in [-0.2, -0.15) is 5.10 Å². The molecule has 6 nitrogen and oxygen atoms in total. The van der Waals surface area contributed by atoms with Crippen molar-refractivity contribution in [3.63, 3.8) is 0 Å². The molecule has 0 spiro atoms. The summed E-state index contributed by atoms with van der Waals surface area (Å²) in [6.07, 6.45) is 2.46. The Hall–Kier alpha value is -2.37. The predicted molar refractivity (Wildman–Crippen MR) is 72.8 cm³/mol. The molecule has 6 heteroatoms. The maximum atomic E-state index is 11.1. The summed E-state index contributed by atoms with van der Waals surface area (Å²) < 4.78 is 7.46. The molecule has 0 aliphatic rings. The molecular formula is C14H17N3O3. The van der Waals surface area contributed by atoms with Crippen LogP contribution in [0.1, 0.15) is 35.1 Å². The minimum absolute atomic E-state index is 0.248. The molecule has 0 aliphatic heterocycles. The maximum absolute atomic E-state index is 11.1. The van der Waals surface area contributed by atoms with Gasteiger partial charge in [-0.25, -0.2) is 14.5 Å². The van der Waals surface area contributed by atoms with Gasteiger partial charge in [-0.15, -0.1) is 0 Å². The van der Waals surface area contributed by atoms with E-state index in [0.717, 1.165) is 18.8 Å². The van der Waals surface area contributed by atoms with Gasteiger partial charge in [-0.3, -0.25) is 0 Å². The van der Waals surface area contributed by atoms with Gasteiger partial charge in [0, 0.05) is 12.1 Å². The third-order valence-corrected chi connectivity index (χ3v) is 3.00. The Morgan fingerprint density at radius 2 is 2.25 bits per heavy atom. The van der Waals surface area contributed by atoms with Crippen LogP contribution in [-0.4, -0.2) is 25.8 Å². The number of hydrogen-bond donors (Lipinski definition) is 1. The molecule has 1 N–H and O–H groups in total. The summed E-state index contributed by atoms with van der Waals surface area (Å²) in [7, 11) is 0. The smallest absolute Gasteiger partial charge is 0.336 e. The Bertz CT molecular complexity index is 607. The molecule has 106 valence electrons. The fourth-order valence-electron chi connectivity index (χ4n) is 1.94. The van der Waals surface area contributed by atoms with Crippen LogP contribution in [0.4, 0.5) is 0 Å². The highest BCUT2D eigenvalue weighted by molar-refractivity contribution is 5.90. The SMILES string of the molecule is CCCn1ncnc1COc1cccc(C(=O)O)c1C. The molecular weight excluding hydrogens is 258 g/mol. The molecule has 0 saturated carbocycles. The molecule has 0 fully saturated rings. The number of carboxylic acids is 1. The summed E-state index contributed by atoms with van der Waals surface area (Å²) >= 11 is 0. The molecule has 0 aliphatic carbocycles. The van der Waals surface area contributed by atoms with Gasteiger partial charge >= 0.3 is 5.97 Å². The lowest BCUT2D eigenvalue weighted by molar-refractivity contribution is 0.0695. The van der Waals surface area contributed by atoms with E-state index in [4.69, 9.17) is 9.84 Å². The number of benzene rings is 1. The van der Waals surface area contributed by atoms with Crippen LogP contribution in [0.25, 0.3) is 0 Å². The molecule has 0 radical (unpaired) electrons. The molecule has 1 heterocycles. The van der Waals surface area contributed by atoms with Crippen LogP contribution in [0.2, 0.25) is 0 Å². The monoisotopic (exact) mass is 275 g/mol. The third-order valence-electron chi connectivity index (χ3n) is 3.00. The van der Waals surface area contributed by atoms with Gasteiger partial charge in [0.05, 0.1) is 5.56 Å². The van der Waals surface area contributed by atoms with E-state index < -0.39 is 5.97 Å². The van der Waals surface area contributed by atoms with Gasteiger partial charge in [0.15, 0.2) is 5.82 Å². The van der Waals surface area contributed by atoms with E-state index in [1.807, 2.05) is 0 Å². The van der Waals surface area contributed by atoms with Gasteiger partial charge in [-0.05, 0) is 25.5 Å². The Balaban J connectivity index is 2.13. The average molecular weight is 275 g/mol. The van der Waals surface area contributed by atoms with Crippen LogP contribution < -0.4 is 4.74 Å². The highest BCUT2D eigenvalue weighted by atomic mass is 16.5. The quantitative estimate of drug-likeness (QED) is 0.875. The van der Waals surface area contributed by atoms with E-state index in [9.17, 15) is 4.79 Å². The first kappa shape index (κ1) is 14.0.